The van der Waals surface area contributed by atoms with Gasteiger partial charge < -0.3 is 9.52 Å². The van der Waals surface area contributed by atoms with Crippen molar-refractivity contribution in [2.24, 2.45) is 0 Å². The second-order valence-electron chi connectivity index (χ2n) is 2.73. The molecule has 0 fully saturated rings. The van der Waals surface area contributed by atoms with E-state index < -0.39 is 0 Å². The molecule has 1 heterocycles. The third-order valence-corrected chi connectivity index (χ3v) is 2.54. The van der Waals surface area contributed by atoms with E-state index >= 15 is 0 Å². The van der Waals surface area contributed by atoms with E-state index in [0.29, 0.717) is 11.3 Å². The molecule has 0 amide bonds. The predicted octanol–water partition coefficient (Wildman–Crippen LogP) is 3.96. The van der Waals surface area contributed by atoms with E-state index in [-0.39, 0.29) is 15.8 Å². The molecule has 0 aliphatic rings. The number of aromatic hydroxyl groups is 1. The minimum absolute atomic E-state index is 0.123. The van der Waals surface area contributed by atoms with Crippen LogP contribution >= 0.6 is 23.2 Å². The first-order valence-corrected chi connectivity index (χ1v) is 4.66. The summed E-state index contributed by atoms with van der Waals surface area (Å²) >= 11 is 11.6. The summed E-state index contributed by atoms with van der Waals surface area (Å²) in [5.74, 6) is 0.476. The van der Waals surface area contributed by atoms with Gasteiger partial charge >= 0.3 is 0 Å². The summed E-state index contributed by atoms with van der Waals surface area (Å²) in [5.41, 5.74) is 0.624. The zero-order valence-electron chi connectivity index (χ0n) is 7.00. The maximum atomic E-state index is 9.48. The van der Waals surface area contributed by atoms with Crippen LogP contribution < -0.4 is 0 Å². The summed E-state index contributed by atoms with van der Waals surface area (Å²) in [6.45, 7) is 0. The van der Waals surface area contributed by atoms with Gasteiger partial charge in [0.2, 0.25) is 0 Å². The Kier molecular flexibility index (Phi) is 2.40. The van der Waals surface area contributed by atoms with E-state index in [1.165, 1.54) is 6.26 Å². The normalized spacial score (nSPS) is 10.4. The van der Waals surface area contributed by atoms with Gasteiger partial charge in [0.15, 0.2) is 5.75 Å². The Morgan fingerprint density at radius 3 is 2.57 bits per heavy atom. The average molecular weight is 229 g/mol. The van der Waals surface area contributed by atoms with E-state index in [1.54, 1.807) is 24.3 Å². The minimum Gasteiger partial charge on any atom is -0.505 e. The van der Waals surface area contributed by atoms with E-state index in [9.17, 15) is 5.11 Å². The summed E-state index contributed by atoms with van der Waals surface area (Å²) < 4.78 is 5.16. The Morgan fingerprint density at radius 2 is 1.93 bits per heavy atom. The first kappa shape index (κ1) is 9.44. The lowest BCUT2D eigenvalue weighted by atomic mass is 10.1. The van der Waals surface area contributed by atoms with E-state index in [0.717, 1.165) is 0 Å². The molecule has 1 aromatic heterocycles. The van der Waals surface area contributed by atoms with Crippen LogP contribution in [0.1, 0.15) is 0 Å². The molecule has 0 unspecified atom stereocenters. The standard InChI is InChI=1S/C10H6Cl2O2/c11-7-4-3-6(9(12)10(7)13)8-2-1-5-14-8/h1-5,13H. The third-order valence-electron chi connectivity index (χ3n) is 1.85. The van der Waals surface area contributed by atoms with Crippen molar-refractivity contribution in [1.29, 1.82) is 0 Å². The summed E-state index contributed by atoms with van der Waals surface area (Å²) in [7, 11) is 0. The van der Waals surface area contributed by atoms with Crippen LogP contribution in [0.25, 0.3) is 11.3 Å². The SMILES string of the molecule is Oc1c(Cl)ccc(-c2ccco2)c1Cl. The third kappa shape index (κ3) is 1.47. The van der Waals surface area contributed by atoms with E-state index in [4.69, 9.17) is 27.6 Å². The van der Waals surface area contributed by atoms with Gasteiger partial charge in [-0.3, -0.25) is 0 Å². The predicted molar refractivity (Wildman–Crippen MR) is 55.8 cm³/mol. The van der Waals surface area contributed by atoms with Crippen LogP contribution in [0.4, 0.5) is 0 Å². The Morgan fingerprint density at radius 1 is 1.14 bits per heavy atom. The highest BCUT2D eigenvalue weighted by Crippen LogP contribution is 2.39. The summed E-state index contributed by atoms with van der Waals surface area (Å²) in [5, 5.41) is 9.91. The second-order valence-corrected chi connectivity index (χ2v) is 3.52. The highest BCUT2D eigenvalue weighted by Gasteiger charge is 2.12. The fraction of sp³-hybridized carbons (Fsp3) is 0. The lowest BCUT2D eigenvalue weighted by molar-refractivity contribution is 0.475. The number of hydrogen-bond acceptors (Lipinski definition) is 2. The molecule has 0 saturated heterocycles. The first-order chi connectivity index (χ1) is 6.70. The molecule has 0 bridgehead atoms. The molecule has 0 aliphatic heterocycles. The van der Waals surface area contributed by atoms with Gasteiger partial charge in [0.1, 0.15) is 5.76 Å². The molecule has 2 nitrogen and oxygen atoms in total. The minimum atomic E-state index is -0.123. The molecule has 0 aliphatic carbocycles. The van der Waals surface area contributed by atoms with Crippen LogP contribution in [-0.2, 0) is 0 Å². The average Bonchev–Trinajstić information content (AvgIpc) is 2.67. The van der Waals surface area contributed by atoms with Crippen molar-refractivity contribution in [3.8, 4) is 17.1 Å². The van der Waals surface area contributed by atoms with Crippen LogP contribution in [0.3, 0.4) is 0 Å². The van der Waals surface area contributed by atoms with E-state index in [2.05, 4.69) is 0 Å². The number of furan rings is 1. The highest BCUT2D eigenvalue weighted by molar-refractivity contribution is 6.38. The zero-order valence-corrected chi connectivity index (χ0v) is 8.51. The molecule has 0 radical (unpaired) electrons. The van der Waals surface area contributed by atoms with Crippen LogP contribution in [-0.4, -0.2) is 5.11 Å². The van der Waals surface area contributed by atoms with Crippen molar-refractivity contribution < 1.29 is 9.52 Å². The largest absolute Gasteiger partial charge is 0.505 e. The van der Waals surface area contributed by atoms with Gasteiger partial charge in [-0.05, 0) is 24.3 Å². The molecule has 0 saturated carbocycles. The van der Waals surface area contributed by atoms with E-state index in [1.807, 2.05) is 0 Å². The quantitative estimate of drug-likeness (QED) is 0.802. The van der Waals surface area contributed by atoms with Crippen molar-refractivity contribution >= 4 is 23.2 Å². The number of rotatable bonds is 1. The van der Waals surface area contributed by atoms with Gasteiger partial charge in [-0.15, -0.1) is 0 Å². The Labute approximate surface area is 90.7 Å². The molecule has 72 valence electrons. The van der Waals surface area contributed by atoms with Crippen LogP contribution in [0, 0.1) is 0 Å². The Balaban J connectivity index is 2.61. The van der Waals surface area contributed by atoms with Crippen molar-refractivity contribution in [2.75, 3.05) is 0 Å². The molecule has 2 rings (SSSR count). The van der Waals surface area contributed by atoms with Gasteiger partial charge in [-0.25, -0.2) is 0 Å². The van der Waals surface area contributed by atoms with Crippen molar-refractivity contribution in [2.45, 2.75) is 0 Å². The smallest absolute Gasteiger partial charge is 0.153 e. The van der Waals surface area contributed by atoms with Crippen molar-refractivity contribution in [3.05, 3.63) is 40.6 Å². The maximum Gasteiger partial charge on any atom is 0.153 e. The maximum absolute atomic E-state index is 9.48. The summed E-state index contributed by atoms with van der Waals surface area (Å²) in [4.78, 5) is 0. The number of hydrogen-bond donors (Lipinski definition) is 1. The van der Waals surface area contributed by atoms with Gasteiger partial charge in [0.05, 0.1) is 16.3 Å². The monoisotopic (exact) mass is 228 g/mol. The van der Waals surface area contributed by atoms with Gasteiger partial charge in [0, 0.05) is 5.56 Å². The molecule has 2 aromatic rings. The van der Waals surface area contributed by atoms with Crippen molar-refractivity contribution in [3.63, 3.8) is 0 Å². The number of phenolic OH excluding ortho intramolecular Hbond substituents is 1. The lowest BCUT2D eigenvalue weighted by Gasteiger charge is -2.04. The van der Waals surface area contributed by atoms with Crippen molar-refractivity contribution in [1.82, 2.24) is 0 Å². The Hall–Kier alpha value is -1.12. The number of benzene rings is 1. The van der Waals surface area contributed by atoms with Crippen LogP contribution in [0.2, 0.25) is 10.0 Å². The fourth-order valence-corrected chi connectivity index (χ4v) is 1.63. The molecule has 14 heavy (non-hydrogen) atoms. The number of halogens is 2. The number of phenols is 1. The second kappa shape index (κ2) is 3.56. The molecular formula is C10H6Cl2O2. The summed E-state index contributed by atoms with van der Waals surface area (Å²) in [6.07, 6.45) is 1.54. The molecule has 1 aromatic carbocycles. The molecule has 1 N–H and O–H groups in total. The lowest BCUT2D eigenvalue weighted by Crippen LogP contribution is -1.78. The van der Waals surface area contributed by atoms with Crippen LogP contribution in [0.5, 0.6) is 5.75 Å². The van der Waals surface area contributed by atoms with Gasteiger partial charge in [-0.1, -0.05) is 23.2 Å². The molecule has 0 spiro atoms. The highest BCUT2D eigenvalue weighted by atomic mass is 35.5. The first-order valence-electron chi connectivity index (χ1n) is 3.91. The molecule has 0 atom stereocenters. The zero-order chi connectivity index (χ0) is 10.1. The van der Waals surface area contributed by atoms with Gasteiger partial charge in [-0.2, -0.15) is 0 Å². The molecule has 4 heteroatoms. The Bertz CT molecular complexity index is 449. The fourth-order valence-electron chi connectivity index (χ4n) is 1.16. The molecular weight excluding hydrogens is 223 g/mol. The van der Waals surface area contributed by atoms with Crippen LogP contribution in [0.15, 0.2) is 34.9 Å². The van der Waals surface area contributed by atoms with Gasteiger partial charge in [0.25, 0.3) is 0 Å². The summed E-state index contributed by atoms with van der Waals surface area (Å²) in [6, 6.07) is 6.77. The topological polar surface area (TPSA) is 33.4 Å².